The lowest BCUT2D eigenvalue weighted by Gasteiger charge is -2.14. The molecule has 0 bridgehead atoms. The van der Waals surface area contributed by atoms with Gasteiger partial charge in [-0.3, -0.25) is 4.79 Å². The number of hydrogen-bond donors (Lipinski definition) is 1. The van der Waals surface area contributed by atoms with E-state index in [0.29, 0.717) is 12.5 Å². The molecular formula is C14H18N2OS. The Morgan fingerprint density at radius 2 is 2.44 bits per heavy atom. The molecule has 1 amide bonds. The van der Waals surface area contributed by atoms with Gasteiger partial charge in [0.15, 0.2) is 0 Å². The molecule has 0 saturated carbocycles. The molecule has 0 aromatic carbocycles. The van der Waals surface area contributed by atoms with Gasteiger partial charge in [0.1, 0.15) is 0 Å². The summed E-state index contributed by atoms with van der Waals surface area (Å²) in [6.45, 7) is 4.33. The Balaban J connectivity index is 2.03. The first-order valence-corrected chi connectivity index (χ1v) is 7.14. The fourth-order valence-corrected chi connectivity index (χ4v) is 3.01. The topological polar surface area (TPSA) is 46.3 Å². The summed E-state index contributed by atoms with van der Waals surface area (Å²) >= 11 is 1.46. The van der Waals surface area contributed by atoms with E-state index in [-0.39, 0.29) is 5.91 Å². The van der Waals surface area contributed by atoms with Crippen LogP contribution in [0.1, 0.15) is 34.3 Å². The molecule has 4 heteroatoms. The van der Waals surface area contributed by atoms with Gasteiger partial charge in [-0.25, -0.2) is 0 Å². The van der Waals surface area contributed by atoms with Gasteiger partial charge in [0.2, 0.25) is 0 Å². The summed E-state index contributed by atoms with van der Waals surface area (Å²) in [5, 5.41) is 0. The smallest absolute Gasteiger partial charge is 0.263 e. The van der Waals surface area contributed by atoms with Crippen LogP contribution in [0.2, 0.25) is 0 Å². The lowest BCUT2D eigenvalue weighted by molar-refractivity contribution is 0.0791. The van der Waals surface area contributed by atoms with Gasteiger partial charge in [-0.1, -0.05) is 25.2 Å². The molecule has 1 saturated heterocycles. The minimum atomic E-state index is 0.150. The fourth-order valence-electron chi connectivity index (χ4n) is 2.16. The normalized spacial score (nSPS) is 18.6. The Bertz CT molecular complexity index is 483. The van der Waals surface area contributed by atoms with E-state index in [2.05, 4.69) is 18.8 Å². The number of nitrogens with two attached hydrogens (primary N) is 1. The molecule has 1 atom stereocenters. The van der Waals surface area contributed by atoms with Crippen molar-refractivity contribution in [3.8, 4) is 11.8 Å². The number of rotatable bonds is 2. The monoisotopic (exact) mass is 262 g/mol. The molecule has 1 aromatic rings. The maximum absolute atomic E-state index is 12.3. The third-order valence-corrected chi connectivity index (χ3v) is 4.27. The summed E-state index contributed by atoms with van der Waals surface area (Å²) in [5.41, 5.74) is 5.33. The van der Waals surface area contributed by atoms with Crippen LogP contribution in [0.3, 0.4) is 0 Å². The van der Waals surface area contributed by atoms with Gasteiger partial charge in [-0.15, -0.1) is 11.3 Å². The molecule has 96 valence electrons. The van der Waals surface area contributed by atoms with Crippen LogP contribution in [-0.2, 0) is 0 Å². The molecule has 1 unspecified atom stereocenters. The summed E-state index contributed by atoms with van der Waals surface area (Å²) in [5.74, 6) is 6.59. The van der Waals surface area contributed by atoms with Crippen LogP contribution < -0.4 is 5.73 Å². The highest BCUT2D eigenvalue weighted by atomic mass is 32.1. The lowest BCUT2D eigenvalue weighted by atomic mass is 10.1. The minimum absolute atomic E-state index is 0.150. The Kier molecular flexibility index (Phi) is 4.40. The van der Waals surface area contributed by atoms with E-state index in [4.69, 9.17) is 5.73 Å². The van der Waals surface area contributed by atoms with Crippen LogP contribution in [0.4, 0.5) is 0 Å². The molecule has 2 heterocycles. The summed E-state index contributed by atoms with van der Waals surface area (Å²) in [6, 6.07) is 3.76. The first-order chi connectivity index (χ1) is 8.74. The van der Waals surface area contributed by atoms with Crippen molar-refractivity contribution >= 4 is 17.2 Å². The van der Waals surface area contributed by atoms with E-state index in [1.165, 1.54) is 11.3 Å². The number of hydrogen-bond acceptors (Lipinski definition) is 3. The molecule has 0 radical (unpaired) electrons. The highest BCUT2D eigenvalue weighted by molar-refractivity contribution is 7.14. The zero-order valence-corrected chi connectivity index (χ0v) is 11.4. The van der Waals surface area contributed by atoms with Gasteiger partial charge in [-0.2, -0.15) is 0 Å². The zero-order chi connectivity index (χ0) is 13.0. The van der Waals surface area contributed by atoms with Crippen molar-refractivity contribution in [2.45, 2.75) is 19.8 Å². The van der Waals surface area contributed by atoms with Crippen molar-refractivity contribution in [1.82, 2.24) is 4.90 Å². The number of nitrogens with zero attached hydrogens (tertiary/aromatic N) is 1. The minimum Gasteiger partial charge on any atom is -0.338 e. The van der Waals surface area contributed by atoms with E-state index in [1.807, 2.05) is 17.0 Å². The number of thiophene rings is 1. The van der Waals surface area contributed by atoms with Crippen LogP contribution in [-0.4, -0.2) is 30.4 Å². The van der Waals surface area contributed by atoms with Crippen LogP contribution in [0.5, 0.6) is 0 Å². The number of carbonyl (C=O) groups excluding carboxylic acids is 1. The molecule has 0 aliphatic carbocycles. The van der Waals surface area contributed by atoms with Gasteiger partial charge in [0.05, 0.1) is 16.3 Å². The van der Waals surface area contributed by atoms with Gasteiger partial charge in [-0.05, 0) is 24.5 Å². The number of likely N-dealkylation sites (tertiary alicyclic amines) is 1. The predicted octanol–water partition coefficient (Wildman–Crippen LogP) is 1.93. The van der Waals surface area contributed by atoms with Crippen molar-refractivity contribution in [1.29, 1.82) is 0 Å². The van der Waals surface area contributed by atoms with Crippen LogP contribution in [0, 0.1) is 17.8 Å². The quantitative estimate of drug-likeness (QED) is 0.828. The van der Waals surface area contributed by atoms with Crippen LogP contribution >= 0.6 is 11.3 Å². The summed E-state index contributed by atoms with van der Waals surface area (Å²) < 4.78 is 0. The Morgan fingerprint density at radius 1 is 1.61 bits per heavy atom. The van der Waals surface area contributed by atoms with Crippen molar-refractivity contribution < 1.29 is 4.79 Å². The molecule has 3 nitrogen and oxygen atoms in total. The molecule has 1 aromatic heterocycles. The van der Waals surface area contributed by atoms with E-state index in [1.54, 1.807) is 0 Å². The van der Waals surface area contributed by atoms with E-state index >= 15 is 0 Å². The second-order valence-corrected chi connectivity index (χ2v) is 5.57. The van der Waals surface area contributed by atoms with Crippen LogP contribution in [0.15, 0.2) is 12.1 Å². The molecule has 1 aliphatic heterocycles. The summed E-state index contributed by atoms with van der Waals surface area (Å²) in [7, 11) is 0. The zero-order valence-electron chi connectivity index (χ0n) is 10.6. The van der Waals surface area contributed by atoms with E-state index in [0.717, 1.165) is 35.7 Å². The van der Waals surface area contributed by atoms with Crippen molar-refractivity contribution in [2.75, 3.05) is 19.6 Å². The molecule has 18 heavy (non-hydrogen) atoms. The van der Waals surface area contributed by atoms with E-state index in [9.17, 15) is 4.79 Å². The van der Waals surface area contributed by atoms with E-state index < -0.39 is 0 Å². The Morgan fingerprint density at radius 3 is 3.11 bits per heavy atom. The Hall–Kier alpha value is -1.31. The molecule has 2 N–H and O–H groups in total. The highest BCUT2D eigenvalue weighted by Crippen LogP contribution is 2.23. The average Bonchev–Trinajstić information content (AvgIpc) is 3.04. The van der Waals surface area contributed by atoms with Crippen molar-refractivity contribution in [3.05, 3.63) is 21.9 Å². The first kappa shape index (κ1) is 13.1. The lowest BCUT2D eigenvalue weighted by Crippen LogP contribution is -2.27. The summed E-state index contributed by atoms with van der Waals surface area (Å²) in [4.78, 5) is 15.9. The van der Waals surface area contributed by atoms with Gasteiger partial charge < -0.3 is 10.6 Å². The second kappa shape index (κ2) is 6.03. The molecule has 1 fully saturated rings. The second-order valence-electron chi connectivity index (χ2n) is 4.48. The van der Waals surface area contributed by atoms with Gasteiger partial charge in [0, 0.05) is 13.1 Å². The standard InChI is InChI=1S/C14H18N2OS/c1-2-11-7-9-16(10-11)14(17)13-6-5-12(18-13)4-3-8-15/h5-6,11H,2,7-10,15H2,1H3. The van der Waals surface area contributed by atoms with Crippen molar-refractivity contribution in [2.24, 2.45) is 11.7 Å². The van der Waals surface area contributed by atoms with Gasteiger partial charge in [0.25, 0.3) is 5.91 Å². The largest absolute Gasteiger partial charge is 0.338 e. The Labute approximate surface area is 112 Å². The SMILES string of the molecule is CCC1CCN(C(=O)c2ccc(C#CCN)s2)C1. The average molecular weight is 262 g/mol. The summed E-state index contributed by atoms with van der Waals surface area (Å²) in [6.07, 6.45) is 2.29. The molecule has 0 spiro atoms. The predicted molar refractivity (Wildman–Crippen MR) is 74.6 cm³/mol. The first-order valence-electron chi connectivity index (χ1n) is 6.32. The molecular weight excluding hydrogens is 244 g/mol. The van der Waals surface area contributed by atoms with Crippen LogP contribution in [0.25, 0.3) is 0 Å². The third kappa shape index (κ3) is 2.92. The van der Waals surface area contributed by atoms with Gasteiger partial charge >= 0.3 is 0 Å². The highest BCUT2D eigenvalue weighted by Gasteiger charge is 2.26. The number of carbonyl (C=O) groups is 1. The third-order valence-electron chi connectivity index (χ3n) is 3.28. The maximum atomic E-state index is 12.3. The van der Waals surface area contributed by atoms with Crippen molar-refractivity contribution in [3.63, 3.8) is 0 Å². The maximum Gasteiger partial charge on any atom is 0.263 e. The molecule has 2 rings (SSSR count). The number of amides is 1. The fraction of sp³-hybridized carbons (Fsp3) is 0.500. The molecule has 1 aliphatic rings.